The maximum absolute atomic E-state index is 12.6. The van der Waals surface area contributed by atoms with Crippen molar-refractivity contribution in [2.75, 3.05) is 33.4 Å². The Morgan fingerprint density at radius 3 is 2.83 bits per heavy atom. The van der Waals surface area contributed by atoms with E-state index in [4.69, 9.17) is 9.47 Å². The minimum absolute atomic E-state index is 0.158. The van der Waals surface area contributed by atoms with Crippen molar-refractivity contribution >= 4 is 11.9 Å². The lowest BCUT2D eigenvalue weighted by molar-refractivity contribution is -0.150. The second-order valence-corrected chi connectivity index (χ2v) is 6.07. The van der Waals surface area contributed by atoms with Crippen molar-refractivity contribution in [2.24, 2.45) is 5.41 Å². The van der Waals surface area contributed by atoms with Gasteiger partial charge in [0.1, 0.15) is 12.4 Å². The maximum atomic E-state index is 12.6. The number of ether oxygens (including phenoxy) is 2. The van der Waals surface area contributed by atoms with E-state index in [1.807, 2.05) is 0 Å². The van der Waals surface area contributed by atoms with Gasteiger partial charge in [-0.3, -0.25) is 9.59 Å². The molecule has 1 aromatic rings. The molecule has 23 heavy (non-hydrogen) atoms. The molecule has 0 spiro atoms. The van der Waals surface area contributed by atoms with Crippen molar-refractivity contribution < 1.29 is 24.2 Å². The first-order valence-electron chi connectivity index (χ1n) is 7.71. The van der Waals surface area contributed by atoms with Gasteiger partial charge in [0.2, 0.25) is 0 Å². The number of benzene rings is 1. The van der Waals surface area contributed by atoms with Crippen LogP contribution in [-0.4, -0.2) is 55.3 Å². The van der Waals surface area contributed by atoms with Crippen molar-refractivity contribution in [1.29, 1.82) is 0 Å². The number of amides is 1. The molecule has 1 fully saturated rings. The number of carbonyl (C=O) groups is 2. The van der Waals surface area contributed by atoms with Gasteiger partial charge in [0.05, 0.1) is 12.0 Å². The highest BCUT2D eigenvalue weighted by molar-refractivity contribution is 5.95. The second kappa shape index (κ2) is 7.46. The predicted octanol–water partition coefficient (Wildman–Crippen LogP) is 2.04. The molecular weight excluding hydrogens is 298 g/mol. The summed E-state index contributed by atoms with van der Waals surface area (Å²) in [5, 5.41) is 9.36. The Kier molecular flexibility index (Phi) is 5.60. The van der Waals surface area contributed by atoms with E-state index < -0.39 is 11.4 Å². The van der Waals surface area contributed by atoms with Crippen LogP contribution in [0.15, 0.2) is 24.3 Å². The average Bonchev–Trinajstić information content (AvgIpc) is 2.54. The van der Waals surface area contributed by atoms with Crippen LogP contribution in [0.3, 0.4) is 0 Å². The van der Waals surface area contributed by atoms with Gasteiger partial charge >= 0.3 is 5.97 Å². The van der Waals surface area contributed by atoms with E-state index in [0.29, 0.717) is 43.9 Å². The van der Waals surface area contributed by atoms with Gasteiger partial charge in [-0.25, -0.2) is 0 Å². The molecule has 1 saturated heterocycles. The third-order valence-corrected chi connectivity index (χ3v) is 4.14. The molecule has 1 aromatic carbocycles. The third-order valence-electron chi connectivity index (χ3n) is 4.14. The number of rotatable bonds is 6. The summed E-state index contributed by atoms with van der Waals surface area (Å²) >= 11 is 0. The summed E-state index contributed by atoms with van der Waals surface area (Å²) in [5.41, 5.74) is -0.366. The molecule has 0 radical (unpaired) electrons. The quantitative estimate of drug-likeness (QED) is 0.812. The molecule has 0 saturated carbocycles. The Labute approximate surface area is 136 Å². The van der Waals surface area contributed by atoms with E-state index in [-0.39, 0.29) is 12.5 Å². The lowest BCUT2D eigenvalue weighted by atomic mass is 9.82. The monoisotopic (exact) mass is 321 g/mol. The molecule has 1 N–H and O–H groups in total. The molecule has 1 heterocycles. The first-order chi connectivity index (χ1) is 11.0. The molecular formula is C17H23NO5. The van der Waals surface area contributed by atoms with Crippen LogP contribution in [0.2, 0.25) is 0 Å². The number of likely N-dealkylation sites (tertiary alicyclic amines) is 1. The van der Waals surface area contributed by atoms with E-state index >= 15 is 0 Å². The molecule has 6 heteroatoms. The summed E-state index contributed by atoms with van der Waals surface area (Å²) in [4.78, 5) is 25.7. The van der Waals surface area contributed by atoms with Crippen molar-refractivity contribution in [3.8, 4) is 5.75 Å². The van der Waals surface area contributed by atoms with E-state index in [9.17, 15) is 14.7 Å². The largest absolute Gasteiger partial charge is 0.491 e. The number of carbonyl (C=O) groups excluding carboxylic acids is 1. The van der Waals surface area contributed by atoms with Gasteiger partial charge in [0, 0.05) is 25.8 Å². The fourth-order valence-electron chi connectivity index (χ4n) is 2.73. The lowest BCUT2D eigenvalue weighted by Gasteiger charge is -2.37. The highest BCUT2D eigenvalue weighted by Gasteiger charge is 2.39. The van der Waals surface area contributed by atoms with Crippen LogP contribution in [0, 0.1) is 5.41 Å². The number of carboxylic acid groups (broad SMARTS) is 1. The Balaban J connectivity index is 2.07. The summed E-state index contributed by atoms with van der Waals surface area (Å²) in [6.45, 7) is 3.39. The normalized spacial score (nSPS) is 21.0. The summed E-state index contributed by atoms with van der Waals surface area (Å²) in [6.07, 6.45) is 1.28. The van der Waals surface area contributed by atoms with E-state index in [0.717, 1.165) is 0 Å². The van der Waals surface area contributed by atoms with Crippen LogP contribution in [0.5, 0.6) is 5.75 Å². The Bertz CT molecular complexity index is 574. The molecule has 1 atom stereocenters. The van der Waals surface area contributed by atoms with Gasteiger partial charge in [0.25, 0.3) is 5.91 Å². The van der Waals surface area contributed by atoms with Gasteiger partial charge < -0.3 is 19.5 Å². The predicted molar refractivity (Wildman–Crippen MR) is 84.7 cm³/mol. The topological polar surface area (TPSA) is 76.1 Å². The zero-order valence-corrected chi connectivity index (χ0v) is 13.6. The number of aliphatic carboxylic acids is 1. The van der Waals surface area contributed by atoms with Gasteiger partial charge in [-0.05, 0) is 38.0 Å². The van der Waals surface area contributed by atoms with Gasteiger partial charge in [-0.2, -0.15) is 0 Å². The smallest absolute Gasteiger partial charge is 0.311 e. The Morgan fingerprint density at radius 1 is 1.35 bits per heavy atom. The van der Waals surface area contributed by atoms with E-state index in [1.165, 1.54) is 0 Å². The standard InChI is InChI=1S/C17H23NO5/c1-17(16(20)21)7-4-8-18(12-17)15(19)13-5-3-6-14(11-13)23-10-9-22-2/h3,5-6,11H,4,7-10,12H2,1-2H3,(H,20,21). The second-order valence-electron chi connectivity index (χ2n) is 6.07. The van der Waals surface area contributed by atoms with Gasteiger partial charge in [-0.15, -0.1) is 0 Å². The lowest BCUT2D eigenvalue weighted by Crippen LogP contribution is -2.48. The van der Waals surface area contributed by atoms with Crippen LogP contribution < -0.4 is 4.74 Å². The molecule has 6 nitrogen and oxygen atoms in total. The van der Waals surface area contributed by atoms with Crippen LogP contribution in [0.25, 0.3) is 0 Å². The molecule has 1 aliphatic heterocycles. The zero-order valence-electron chi connectivity index (χ0n) is 13.6. The fraction of sp³-hybridized carbons (Fsp3) is 0.529. The highest BCUT2D eigenvalue weighted by atomic mass is 16.5. The SMILES string of the molecule is COCCOc1cccc(C(=O)N2CCCC(C)(C(=O)O)C2)c1. The third kappa shape index (κ3) is 4.22. The van der Waals surface area contributed by atoms with Crippen LogP contribution in [0.4, 0.5) is 0 Å². The molecule has 1 amide bonds. The number of nitrogens with zero attached hydrogens (tertiary/aromatic N) is 1. The summed E-state index contributed by atoms with van der Waals surface area (Å²) in [6, 6.07) is 6.95. The van der Waals surface area contributed by atoms with Gasteiger partial charge in [0.15, 0.2) is 0 Å². The molecule has 1 unspecified atom stereocenters. The van der Waals surface area contributed by atoms with Crippen LogP contribution >= 0.6 is 0 Å². The van der Waals surface area contributed by atoms with Crippen molar-refractivity contribution in [1.82, 2.24) is 4.90 Å². The van der Waals surface area contributed by atoms with E-state index in [2.05, 4.69) is 0 Å². The Hall–Kier alpha value is -2.08. The number of piperidine rings is 1. The van der Waals surface area contributed by atoms with Gasteiger partial charge in [-0.1, -0.05) is 6.07 Å². The Morgan fingerprint density at radius 2 is 2.13 bits per heavy atom. The number of hydrogen-bond acceptors (Lipinski definition) is 4. The first kappa shape index (κ1) is 17.3. The number of carboxylic acids is 1. The van der Waals surface area contributed by atoms with Crippen LogP contribution in [-0.2, 0) is 9.53 Å². The van der Waals surface area contributed by atoms with Crippen LogP contribution in [0.1, 0.15) is 30.1 Å². The highest BCUT2D eigenvalue weighted by Crippen LogP contribution is 2.30. The maximum Gasteiger partial charge on any atom is 0.311 e. The minimum Gasteiger partial charge on any atom is -0.491 e. The van der Waals surface area contributed by atoms with E-state index in [1.54, 1.807) is 43.2 Å². The van der Waals surface area contributed by atoms with Crippen molar-refractivity contribution in [3.05, 3.63) is 29.8 Å². The average molecular weight is 321 g/mol. The minimum atomic E-state index is -0.875. The summed E-state index contributed by atoms with van der Waals surface area (Å²) in [7, 11) is 1.60. The summed E-state index contributed by atoms with van der Waals surface area (Å²) < 4.78 is 10.4. The molecule has 126 valence electrons. The molecule has 0 aromatic heterocycles. The molecule has 0 aliphatic carbocycles. The molecule has 0 bridgehead atoms. The zero-order chi connectivity index (χ0) is 16.9. The van der Waals surface area contributed by atoms with Crippen molar-refractivity contribution in [2.45, 2.75) is 19.8 Å². The first-order valence-corrected chi connectivity index (χ1v) is 7.71. The fourth-order valence-corrected chi connectivity index (χ4v) is 2.73. The molecule has 1 aliphatic rings. The van der Waals surface area contributed by atoms with Crippen molar-refractivity contribution in [3.63, 3.8) is 0 Å². The number of hydrogen-bond donors (Lipinski definition) is 1. The molecule has 2 rings (SSSR count). The summed E-state index contributed by atoms with van der Waals surface area (Å²) in [5.74, 6) is -0.410. The number of methoxy groups -OCH3 is 1.